The van der Waals surface area contributed by atoms with E-state index in [0.29, 0.717) is 31.7 Å². The first-order valence-corrected chi connectivity index (χ1v) is 9.14. The van der Waals surface area contributed by atoms with Gasteiger partial charge in [-0.2, -0.15) is 18.3 Å². The predicted octanol–water partition coefficient (Wildman–Crippen LogP) is 3.38. The van der Waals surface area contributed by atoms with E-state index in [1.807, 2.05) is 17.0 Å². The molecule has 0 unspecified atom stereocenters. The smallest absolute Gasteiger partial charge is 0.341 e. The van der Waals surface area contributed by atoms with Crippen LogP contribution in [0.15, 0.2) is 36.5 Å². The Bertz CT molecular complexity index is 755. The predicted molar refractivity (Wildman–Crippen MR) is 95.3 cm³/mol. The molecule has 0 bridgehead atoms. The summed E-state index contributed by atoms with van der Waals surface area (Å²) in [6.07, 6.45) is 0.665. The van der Waals surface area contributed by atoms with Crippen LogP contribution in [0.1, 0.15) is 36.9 Å². The molecule has 2 aromatic rings. The van der Waals surface area contributed by atoms with E-state index in [1.165, 1.54) is 10.9 Å². The summed E-state index contributed by atoms with van der Waals surface area (Å²) in [6.45, 7) is 2.88. The minimum Gasteiger partial charge on any atom is -0.341 e. The summed E-state index contributed by atoms with van der Waals surface area (Å²) in [4.78, 5) is 13.8. The minimum atomic E-state index is -4.44. The van der Waals surface area contributed by atoms with Gasteiger partial charge in [-0.25, -0.2) is 4.68 Å². The van der Waals surface area contributed by atoms with E-state index in [0.717, 1.165) is 37.4 Å². The summed E-state index contributed by atoms with van der Waals surface area (Å²) >= 11 is 0. The Morgan fingerprint density at radius 2 is 1.85 bits per heavy atom. The standard InChI is InChI=1S/C19H23F3N4O/c20-19(21,22)17-9-12-26(24-17)16-7-5-15(6-8-16)14-23-10-13-25-11-3-1-2-4-18(25)27/h5-9,12,23H,1-4,10-11,13-14H2. The molecule has 1 aliphatic rings. The number of amides is 1. The number of likely N-dealkylation sites (tertiary alicyclic amines) is 1. The number of carbonyl (C=O) groups is 1. The van der Waals surface area contributed by atoms with Crippen molar-refractivity contribution in [1.29, 1.82) is 0 Å². The van der Waals surface area contributed by atoms with Crippen molar-refractivity contribution in [3.8, 4) is 5.69 Å². The van der Waals surface area contributed by atoms with Gasteiger partial charge in [-0.1, -0.05) is 18.6 Å². The fourth-order valence-corrected chi connectivity index (χ4v) is 3.11. The van der Waals surface area contributed by atoms with Gasteiger partial charge in [0.25, 0.3) is 0 Å². The van der Waals surface area contributed by atoms with E-state index < -0.39 is 11.9 Å². The van der Waals surface area contributed by atoms with Crippen molar-refractivity contribution in [2.24, 2.45) is 0 Å². The summed E-state index contributed by atoms with van der Waals surface area (Å²) in [5, 5.41) is 6.87. The topological polar surface area (TPSA) is 50.2 Å². The Labute approximate surface area is 156 Å². The molecule has 1 fully saturated rings. The maximum atomic E-state index is 12.6. The molecule has 0 spiro atoms. The van der Waals surface area contributed by atoms with Crippen LogP contribution in [0.25, 0.3) is 5.69 Å². The van der Waals surface area contributed by atoms with Gasteiger partial charge >= 0.3 is 6.18 Å². The summed E-state index contributed by atoms with van der Waals surface area (Å²) in [5.41, 5.74) is 0.685. The van der Waals surface area contributed by atoms with Crippen LogP contribution in [0.5, 0.6) is 0 Å². The monoisotopic (exact) mass is 380 g/mol. The highest BCUT2D eigenvalue weighted by atomic mass is 19.4. The molecule has 0 aliphatic carbocycles. The Morgan fingerprint density at radius 3 is 2.56 bits per heavy atom. The zero-order chi connectivity index (χ0) is 19.3. The molecule has 1 aromatic carbocycles. The third-order valence-corrected chi connectivity index (χ3v) is 4.64. The van der Waals surface area contributed by atoms with Crippen molar-refractivity contribution < 1.29 is 18.0 Å². The molecule has 1 aliphatic heterocycles. The molecule has 0 atom stereocenters. The van der Waals surface area contributed by atoms with Crippen LogP contribution in [0.4, 0.5) is 13.2 Å². The second kappa shape index (κ2) is 8.56. The number of aromatic nitrogens is 2. The van der Waals surface area contributed by atoms with Gasteiger partial charge in [0.2, 0.25) is 5.91 Å². The van der Waals surface area contributed by atoms with Crippen molar-refractivity contribution >= 4 is 5.91 Å². The number of alkyl halides is 3. The summed E-state index contributed by atoms with van der Waals surface area (Å²) < 4.78 is 39.1. The number of hydrogen-bond acceptors (Lipinski definition) is 3. The molecule has 2 heterocycles. The van der Waals surface area contributed by atoms with Crippen molar-refractivity contribution in [1.82, 2.24) is 20.0 Å². The molecule has 1 N–H and O–H groups in total. The van der Waals surface area contributed by atoms with Gasteiger partial charge < -0.3 is 10.2 Å². The lowest BCUT2D eigenvalue weighted by Crippen LogP contribution is -2.36. The number of benzene rings is 1. The number of carbonyl (C=O) groups excluding carboxylic acids is 1. The Hall–Kier alpha value is -2.35. The van der Waals surface area contributed by atoms with E-state index >= 15 is 0 Å². The van der Waals surface area contributed by atoms with Crippen LogP contribution < -0.4 is 5.32 Å². The van der Waals surface area contributed by atoms with Crippen molar-refractivity contribution in [3.63, 3.8) is 0 Å². The fourth-order valence-electron chi connectivity index (χ4n) is 3.11. The third-order valence-electron chi connectivity index (χ3n) is 4.64. The number of halogens is 3. The highest BCUT2D eigenvalue weighted by Crippen LogP contribution is 2.27. The van der Waals surface area contributed by atoms with Gasteiger partial charge in [-0.05, 0) is 36.6 Å². The zero-order valence-corrected chi connectivity index (χ0v) is 15.0. The van der Waals surface area contributed by atoms with Gasteiger partial charge in [-0.15, -0.1) is 0 Å². The van der Waals surface area contributed by atoms with Crippen LogP contribution in [-0.4, -0.2) is 40.2 Å². The fraction of sp³-hybridized carbons (Fsp3) is 0.474. The second-order valence-electron chi connectivity index (χ2n) is 6.68. The first kappa shape index (κ1) is 19.4. The molecule has 1 aromatic heterocycles. The quantitative estimate of drug-likeness (QED) is 0.782. The first-order valence-electron chi connectivity index (χ1n) is 9.14. The molecule has 8 heteroatoms. The molecule has 5 nitrogen and oxygen atoms in total. The average molecular weight is 380 g/mol. The largest absolute Gasteiger partial charge is 0.435 e. The van der Waals surface area contributed by atoms with E-state index in [-0.39, 0.29) is 5.91 Å². The van der Waals surface area contributed by atoms with Crippen LogP contribution in [0.2, 0.25) is 0 Å². The van der Waals surface area contributed by atoms with Crippen LogP contribution >= 0.6 is 0 Å². The van der Waals surface area contributed by atoms with Gasteiger partial charge in [0.15, 0.2) is 5.69 Å². The number of hydrogen-bond donors (Lipinski definition) is 1. The van der Waals surface area contributed by atoms with Gasteiger partial charge in [0.05, 0.1) is 5.69 Å². The second-order valence-corrected chi connectivity index (χ2v) is 6.68. The van der Waals surface area contributed by atoms with E-state index in [2.05, 4.69) is 10.4 Å². The maximum absolute atomic E-state index is 12.6. The van der Waals surface area contributed by atoms with Crippen LogP contribution in [0.3, 0.4) is 0 Å². The van der Waals surface area contributed by atoms with Gasteiger partial charge in [-0.3, -0.25) is 4.79 Å². The Balaban J connectivity index is 1.48. The lowest BCUT2D eigenvalue weighted by Gasteiger charge is -2.20. The molecule has 146 valence electrons. The van der Waals surface area contributed by atoms with Crippen LogP contribution in [0, 0.1) is 0 Å². The molecule has 27 heavy (non-hydrogen) atoms. The zero-order valence-electron chi connectivity index (χ0n) is 15.0. The Morgan fingerprint density at radius 1 is 1.07 bits per heavy atom. The molecular formula is C19H23F3N4O. The van der Waals surface area contributed by atoms with Crippen molar-refractivity contribution in [2.75, 3.05) is 19.6 Å². The average Bonchev–Trinajstić information content (AvgIpc) is 3.05. The molecule has 1 amide bonds. The molecule has 0 saturated carbocycles. The van der Waals surface area contributed by atoms with Gasteiger partial charge in [0.1, 0.15) is 0 Å². The number of rotatable bonds is 6. The SMILES string of the molecule is O=C1CCCCCN1CCNCc1ccc(-n2ccc(C(F)(F)F)n2)cc1. The first-order chi connectivity index (χ1) is 12.9. The highest BCUT2D eigenvalue weighted by molar-refractivity contribution is 5.76. The van der Waals surface area contributed by atoms with Crippen molar-refractivity contribution in [3.05, 3.63) is 47.8 Å². The third kappa shape index (κ3) is 5.32. The highest BCUT2D eigenvalue weighted by Gasteiger charge is 2.33. The lowest BCUT2D eigenvalue weighted by molar-refractivity contribution is -0.141. The molecular weight excluding hydrogens is 357 g/mol. The lowest BCUT2D eigenvalue weighted by atomic mass is 10.2. The Kier molecular flexibility index (Phi) is 6.15. The maximum Gasteiger partial charge on any atom is 0.435 e. The van der Waals surface area contributed by atoms with Crippen molar-refractivity contribution in [2.45, 2.75) is 38.4 Å². The molecule has 3 rings (SSSR count). The molecule has 0 radical (unpaired) electrons. The van der Waals surface area contributed by atoms with E-state index in [9.17, 15) is 18.0 Å². The number of nitrogens with one attached hydrogen (secondary N) is 1. The van der Waals surface area contributed by atoms with Gasteiger partial charge in [0, 0.05) is 38.8 Å². The van der Waals surface area contributed by atoms with E-state index in [4.69, 9.17) is 0 Å². The molecule has 1 saturated heterocycles. The van der Waals surface area contributed by atoms with E-state index in [1.54, 1.807) is 12.1 Å². The number of nitrogens with zero attached hydrogens (tertiary/aromatic N) is 3. The summed E-state index contributed by atoms with van der Waals surface area (Å²) in [7, 11) is 0. The normalized spacial score (nSPS) is 15.8. The summed E-state index contributed by atoms with van der Waals surface area (Å²) in [5.74, 6) is 0.233. The van der Waals surface area contributed by atoms with Crippen LogP contribution in [-0.2, 0) is 17.5 Å². The summed E-state index contributed by atoms with van der Waals surface area (Å²) in [6, 6.07) is 8.15. The minimum absolute atomic E-state index is 0.233.